The van der Waals surface area contributed by atoms with Gasteiger partial charge in [0.05, 0.1) is 0 Å². The van der Waals surface area contributed by atoms with Crippen LogP contribution in [-0.4, -0.2) is 19.0 Å². The van der Waals surface area contributed by atoms with E-state index < -0.39 is 0 Å². The molecule has 0 saturated heterocycles. The van der Waals surface area contributed by atoms with Crippen molar-refractivity contribution < 1.29 is 0 Å². The molecule has 0 amide bonds. The zero-order valence-electron chi connectivity index (χ0n) is 10.1. The summed E-state index contributed by atoms with van der Waals surface area (Å²) in [4.78, 5) is 3.91. The lowest BCUT2D eigenvalue weighted by atomic mass is 9.85. The monoisotopic (exact) mass is 211 g/mol. The third kappa shape index (κ3) is 5.05. The summed E-state index contributed by atoms with van der Waals surface area (Å²) in [6.07, 6.45) is 9.73. The highest BCUT2D eigenvalue weighted by atomic mass is 15.1. The standard InChI is InChI=1S/C12H25N3/c1-10(15-12(13)14-2)8-9-11-6-4-3-5-7-11/h10-11H,3-9H2,1-2H3,(H3,13,14,15). The number of aliphatic imine (C=N–C) groups is 1. The van der Waals surface area contributed by atoms with Crippen LogP contribution in [0.3, 0.4) is 0 Å². The molecule has 3 heteroatoms. The Bertz CT molecular complexity index is 195. The van der Waals surface area contributed by atoms with E-state index in [1.807, 2.05) is 0 Å². The Morgan fingerprint density at radius 3 is 2.67 bits per heavy atom. The summed E-state index contributed by atoms with van der Waals surface area (Å²) in [6.45, 7) is 2.18. The van der Waals surface area contributed by atoms with Crippen LogP contribution in [0, 0.1) is 5.92 Å². The molecule has 0 aromatic heterocycles. The molecule has 3 N–H and O–H groups in total. The summed E-state index contributed by atoms with van der Waals surface area (Å²) in [6, 6.07) is 0.454. The van der Waals surface area contributed by atoms with E-state index in [0.29, 0.717) is 12.0 Å². The Labute approximate surface area is 93.5 Å². The van der Waals surface area contributed by atoms with E-state index in [1.54, 1.807) is 7.05 Å². The molecule has 3 nitrogen and oxygen atoms in total. The first kappa shape index (κ1) is 12.3. The lowest BCUT2D eigenvalue weighted by molar-refractivity contribution is 0.322. The molecule has 1 saturated carbocycles. The molecule has 0 aliphatic heterocycles. The third-order valence-electron chi connectivity index (χ3n) is 3.37. The topological polar surface area (TPSA) is 50.4 Å². The van der Waals surface area contributed by atoms with Gasteiger partial charge in [-0.2, -0.15) is 0 Å². The predicted molar refractivity (Wildman–Crippen MR) is 66.0 cm³/mol. The fourth-order valence-electron chi connectivity index (χ4n) is 2.35. The highest BCUT2D eigenvalue weighted by Crippen LogP contribution is 2.27. The molecule has 0 aromatic carbocycles. The van der Waals surface area contributed by atoms with Crippen LogP contribution in [0.1, 0.15) is 51.9 Å². The molecule has 1 aliphatic carbocycles. The fraction of sp³-hybridized carbons (Fsp3) is 0.917. The minimum absolute atomic E-state index is 0.454. The first-order valence-electron chi connectivity index (χ1n) is 6.21. The Hall–Kier alpha value is -0.730. The molecular weight excluding hydrogens is 186 g/mol. The number of rotatable bonds is 4. The largest absolute Gasteiger partial charge is 0.370 e. The second kappa shape index (κ2) is 6.70. The summed E-state index contributed by atoms with van der Waals surface area (Å²) in [5.74, 6) is 1.52. The van der Waals surface area contributed by atoms with Gasteiger partial charge in [-0.3, -0.25) is 4.99 Å². The second-order valence-corrected chi connectivity index (χ2v) is 4.74. The van der Waals surface area contributed by atoms with Crippen molar-refractivity contribution >= 4 is 5.96 Å². The van der Waals surface area contributed by atoms with Gasteiger partial charge in [-0.25, -0.2) is 0 Å². The van der Waals surface area contributed by atoms with Crippen LogP contribution in [0.4, 0.5) is 0 Å². The van der Waals surface area contributed by atoms with E-state index in [4.69, 9.17) is 5.73 Å². The molecule has 0 heterocycles. The molecule has 0 aromatic rings. The molecule has 88 valence electrons. The summed E-state index contributed by atoms with van der Waals surface area (Å²) in [5, 5.41) is 3.20. The van der Waals surface area contributed by atoms with Crippen molar-refractivity contribution in [3.8, 4) is 0 Å². The Balaban J connectivity index is 2.12. The van der Waals surface area contributed by atoms with Gasteiger partial charge in [-0.15, -0.1) is 0 Å². The third-order valence-corrected chi connectivity index (χ3v) is 3.37. The molecular formula is C12H25N3. The number of guanidine groups is 1. The summed E-state index contributed by atoms with van der Waals surface area (Å²) < 4.78 is 0. The molecule has 1 rings (SSSR count). The van der Waals surface area contributed by atoms with Crippen LogP contribution in [0.25, 0.3) is 0 Å². The summed E-state index contributed by atoms with van der Waals surface area (Å²) in [7, 11) is 1.72. The zero-order valence-corrected chi connectivity index (χ0v) is 10.1. The lowest BCUT2D eigenvalue weighted by Crippen LogP contribution is -2.38. The van der Waals surface area contributed by atoms with Crippen molar-refractivity contribution in [1.82, 2.24) is 5.32 Å². The first-order chi connectivity index (χ1) is 7.22. The maximum absolute atomic E-state index is 5.62. The van der Waals surface area contributed by atoms with Gasteiger partial charge in [-0.1, -0.05) is 32.1 Å². The Kier molecular flexibility index (Phi) is 5.51. The average Bonchev–Trinajstić information content (AvgIpc) is 2.27. The van der Waals surface area contributed by atoms with E-state index in [2.05, 4.69) is 17.2 Å². The smallest absolute Gasteiger partial charge is 0.188 e. The molecule has 1 fully saturated rings. The number of nitrogens with two attached hydrogens (primary N) is 1. The highest BCUT2D eigenvalue weighted by Gasteiger charge is 2.14. The van der Waals surface area contributed by atoms with Crippen LogP contribution in [0.2, 0.25) is 0 Å². The predicted octanol–water partition coefficient (Wildman–Crippen LogP) is 2.27. The minimum atomic E-state index is 0.454. The maximum Gasteiger partial charge on any atom is 0.188 e. The van der Waals surface area contributed by atoms with Crippen LogP contribution in [-0.2, 0) is 0 Å². The normalized spacial score (nSPS) is 21.3. The summed E-state index contributed by atoms with van der Waals surface area (Å²) >= 11 is 0. The Morgan fingerprint density at radius 2 is 2.07 bits per heavy atom. The van der Waals surface area contributed by atoms with Crippen LogP contribution >= 0.6 is 0 Å². The molecule has 0 radical (unpaired) electrons. The van der Waals surface area contributed by atoms with Gasteiger partial charge in [0.1, 0.15) is 0 Å². The van der Waals surface area contributed by atoms with Gasteiger partial charge in [0, 0.05) is 13.1 Å². The SMILES string of the molecule is CN=C(N)NC(C)CCC1CCCCC1. The van der Waals surface area contributed by atoms with Crippen LogP contribution in [0.15, 0.2) is 4.99 Å². The van der Waals surface area contributed by atoms with E-state index in [0.717, 1.165) is 5.92 Å². The van der Waals surface area contributed by atoms with E-state index >= 15 is 0 Å². The quantitative estimate of drug-likeness (QED) is 0.553. The number of hydrogen-bond acceptors (Lipinski definition) is 1. The molecule has 1 aliphatic rings. The zero-order chi connectivity index (χ0) is 11.1. The van der Waals surface area contributed by atoms with Gasteiger partial charge in [-0.05, 0) is 25.7 Å². The van der Waals surface area contributed by atoms with E-state index in [-0.39, 0.29) is 0 Å². The number of nitrogens with zero attached hydrogens (tertiary/aromatic N) is 1. The lowest BCUT2D eigenvalue weighted by Gasteiger charge is -2.23. The number of hydrogen-bond donors (Lipinski definition) is 2. The molecule has 15 heavy (non-hydrogen) atoms. The van der Waals surface area contributed by atoms with Crippen molar-refractivity contribution in [2.75, 3.05) is 7.05 Å². The van der Waals surface area contributed by atoms with Crippen molar-refractivity contribution in [3.05, 3.63) is 0 Å². The minimum Gasteiger partial charge on any atom is -0.370 e. The van der Waals surface area contributed by atoms with Crippen molar-refractivity contribution in [3.63, 3.8) is 0 Å². The number of nitrogens with one attached hydrogen (secondary N) is 1. The van der Waals surface area contributed by atoms with Crippen molar-refractivity contribution in [2.45, 2.75) is 57.9 Å². The van der Waals surface area contributed by atoms with Crippen molar-refractivity contribution in [1.29, 1.82) is 0 Å². The average molecular weight is 211 g/mol. The molecule has 1 atom stereocenters. The van der Waals surface area contributed by atoms with Gasteiger partial charge in [0.15, 0.2) is 5.96 Å². The maximum atomic E-state index is 5.62. The first-order valence-corrected chi connectivity index (χ1v) is 6.21. The Morgan fingerprint density at radius 1 is 1.40 bits per heavy atom. The fourth-order valence-corrected chi connectivity index (χ4v) is 2.35. The van der Waals surface area contributed by atoms with Gasteiger partial charge in [0.25, 0.3) is 0 Å². The van der Waals surface area contributed by atoms with Gasteiger partial charge < -0.3 is 11.1 Å². The second-order valence-electron chi connectivity index (χ2n) is 4.74. The highest BCUT2D eigenvalue weighted by molar-refractivity contribution is 5.77. The van der Waals surface area contributed by atoms with Crippen molar-refractivity contribution in [2.24, 2.45) is 16.6 Å². The molecule has 0 bridgehead atoms. The van der Waals surface area contributed by atoms with Crippen LogP contribution < -0.4 is 11.1 Å². The van der Waals surface area contributed by atoms with E-state index in [9.17, 15) is 0 Å². The summed E-state index contributed by atoms with van der Waals surface area (Å²) in [5.41, 5.74) is 5.62. The molecule has 1 unspecified atom stereocenters. The van der Waals surface area contributed by atoms with E-state index in [1.165, 1.54) is 44.9 Å². The van der Waals surface area contributed by atoms with Crippen LogP contribution in [0.5, 0.6) is 0 Å². The van der Waals surface area contributed by atoms with Gasteiger partial charge in [0.2, 0.25) is 0 Å². The molecule has 0 spiro atoms. The van der Waals surface area contributed by atoms with Gasteiger partial charge >= 0.3 is 0 Å².